The Bertz CT molecular complexity index is 527. The molecule has 0 radical (unpaired) electrons. The standard InChI is InChI=1S/C15H21NO4S/c1-11-8-12(9-21-11)13(17)16-6-3-4-15(10-16,14(18)19)5-7-20-2/h8-9H,3-7,10H2,1-2H3,(H,18,19)/t15-/m1/s1. The van der Waals surface area contributed by atoms with Crippen molar-refractivity contribution in [2.24, 2.45) is 5.41 Å². The maximum atomic E-state index is 12.5. The van der Waals surface area contributed by atoms with Gasteiger partial charge in [0.2, 0.25) is 0 Å². The minimum Gasteiger partial charge on any atom is -0.481 e. The zero-order chi connectivity index (χ0) is 15.5. The van der Waals surface area contributed by atoms with Crippen molar-refractivity contribution in [1.82, 2.24) is 4.90 Å². The van der Waals surface area contributed by atoms with E-state index in [-0.39, 0.29) is 12.5 Å². The Labute approximate surface area is 128 Å². The highest BCUT2D eigenvalue weighted by Gasteiger charge is 2.43. The Morgan fingerprint density at radius 3 is 2.86 bits per heavy atom. The van der Waals surface area contributed by atoms with Crippen LogP contribution in [0.5, 0.6) is 0 Å². The summed E-state index contributed by atoms with van der Waals surface area (Å²) >= 11 is 1.53. The van der Waals surface area contributed by atoms with Crippen molar-refractivity contribution >= 4 is 23.2 Å². The minimum absolute atomic E-state index is 0.0675. The van der Waals surface area contributed by atoms with Crippen LogP contribution in [0, 0.1) is 12.3 Å². The quantitative estimate of drug-likeness (QED) is 0.907. The second-order valence-corrected chi connectivity index (χ2v) is 6.72. The summed E-state index contributed by atoms with van der Waals surface area (Å²) < 4.78 is 5.04. The first-order valence-corrected chi connectivity index (χ1v) is 7.93. The van der Waals surface area contributed by atoms with Gasteiger partial charge in [-0.25, -0.2) is 0 Å². The van der Waals surface area contributed by atoms with Gasteiger partial charge in [-0.05, 0) is 32.3 Å². The smallest absolute Gasteiger partial charge is 0.311 e. The number of likely N-dealkylation sites (tertiary alicyclic amines) is 1. The number of hydrogen-bond donors (Lipinski definition) is 1. The molecule has 0 bridgehead atoms. The van der Waals surface area contributed by atoms with E-state index in [0.717, 1.165) is 4.88 Å². The molecule has 1 N–H and O–H groups in total. The zero-order valence-corrected chi connectivity index (χ0v) is 13.2. The Morgan fingerprint density at radius 1 is 1.52 bits per heavy atom. The van der Waals surface area contributed by atoms with Gasteiger partial charge in [0.1, 0.15) is 0 Å². The van der Waals surface area contributed by atoms with E-state index in [1.54, 1.807) is 12.0 Å². The van der Waals surface area contributed by atoms with Crippen LogP contribution in [0.15, 0.2) is 11.4 Å². The summed E-state index contributed by atoms with van der Waals surface area (Å²) in [6.07, 6.45) is 1.74. The molecule has 2 heterocycles. The molecule has 1 aromatic rings. The number of methoxy groups -OCH3 is 1. The third kappa shape index (κ3) is 3.44. The maximum Gasteiger partial charge on any atom is 0.311 e. The number of hydrogen-bond acceptors (Lipinski definition) is 4. The van der Waals surface area contributed by atoms with E-state index in [0.29, 0.717) is 38.0 Å². The molecule has 0 unspecified atom stereocenters. The SMILES string of the molecule is COCC[C@]1(C(=O)O)CCCN(C(=O)c2csc(C)c2)C1. The summed E-state index contributed by atoms with van der Waals surface area (Å²) in [4.78, 5) is 27.0. The van der Waals surface area contributed by atoms with Crippen molar-refractivity contribution in [2.75, 3.05) is 26.8 Å². The fourth-order valence-corrected chi connectivity index (χ4v) is 3.50. The number of aryl methyl sites for hydroxylation is 1. The van der Waals surface area contributed by atoms with Gasteiger partial charge in [0, 0.05) is 37.1 Å². The summed E-state index contributed by atoms with van der Waals surface area (Å²) in [6.45, 7) is 3.23. The number of nitrogens with zero attached hydrogens (tertiary/aromatic N) is 1. The minimum atomic E-state index is -0.880. The topological polar surface area (TPSA) is 66.8 Å². The molecule has 5 nitrogen and oxygen atoms in total. The van der Waals surface area contributed by atoms with Gasteiger partial charge in [-0.15, -0.1) is 11.3 Å². The molecule has 1 atom stereocenters. The average Bonchev–Trinajstić information content (AvgIpc) is 2.91. The van der Waals surface area contributed by atoms with E-state index in [1.165, 1.54) is 11.3 Å². The molecule has 1 aromatic heterocycles. The molecule has 1 fully saturated rings. The van der Waals surface area contributed by atoms with Crippen molar-refractivity contribution in [2.45, 2.75) is 26.2 Å². The van der Waals surface area contributed by atoms with Crippen LogP contribution in [0.25, 0.3) is 0 Å². The van der Waals surface area contributed by atoms with Crippen molar-refractivity contribution in [3.8, 4) is 0 Å². The summed E-state index contributed by atoms with van der Waals surface area (Å²) in [5, 5.41) is 11.4. The summed E-state index contributed by atoms with van der Waals surface area (Å²) in [5.74, 6) is -0.902. The first-order chi connectivity index (χ1) is 9.98. The fraction of sp³-hybridized carbons (Fsp3) is 0.600. The normalized spacial score (nSPS) is 22.3. The van der Waals surface area contributed by atoms with Gasteiger partial charge >= 0.3 is 5.97 Å². The lowest BCUT2D eigenvalue weighted by atomic mass is 9.77. The number of rotatable bonds is 5. The molecule has 21 heavy (non-hydrogen) atoms. The van der Waals surface area contributed by atoms with Crippen molar-refractivity contribution < 1.29 is 19.4 Å². The molecular weight excluding hydrogens is 290 g/mol. The predicted octanol–water partition coefficient (Wildman–Crippen LogP) is 2.40. The van der Waals surface area contributed by atoms with Crippen LogP contribution < -0.4 is 0 Å². The van der Waals surface area contributed by atoms with Crippen molar-refractivity contribution in [1.29, 1.82) is 0 Å². The molecule has 1 aliphatic heterocycles. The third-order valence-corrected chi connectivity index (χ3v) is 4.94. The second kappa shape index (κ2) is 6.58. The molecule has 1 amide bonds. The van der Waals surface area contributed by atoms with Gasteiger partial charge < -0.3 is 14.7 Å². The highest BCUT2D eigenvalue weighted by Crippen LogP contribution is 2.34. The predicted molar refractivity (Wildman–Crippen MR) is 80.8 cm³/mol. The molecule has 1 saturated heterocycles. The molecule has 0 spiro atoms. The molecule has 0 aromatic carbocycles. The molecule has 0 aliphatic carbocycles. The molecule has 1 aliphatic rings. The summed E-state index contributed by atoms with van der Waals surface area (Å²) in [5.41, 5.74) is -0.222. The number of thiophene rings is 1. The fourth-order valence-electron chi connectivity index (χ4n) is 2.83. The summed E-state index contributed by atoms with van der Waals surface area (Å²) in [7, 11) is 1.56. The highest BCUT2D eigenvalue weighted by atomic mass is 32.1. The van der Waals surface area contributed by atoms with Crippen LogP contribution in [-0.4, -0.2) is 48.7 Å². The first kappa shape index (κ1) is 16.0. The van der Waals surface area contributed by atoms with Gasteiger partial charge in [0.05, 0.1) is 11.0 Å². The van der Waals surface area contributed by atoms with Crippen LogP contribution in [0.3, 0.4) is 0 Å². The number of ether oxygens (including phenoxy) is 1. The maximum absolute atomic E-state index is 12.5. The lowest BCUT2D eigenvalue weighted by Crippen LogP contribution is -2.50. The zero-order valence-electron chi connectivity index (χ0n) is 12.4. The molecule has 0 saturated carbocycles. The lowest BCUT2D eigenvalue weighted by Gasteiger charge is -2.39. The first-order valence-electron chi connectivity index (χ1n) is 7.05. The van der Waals surface area contributed by atoms with E-state index in [9.17, 15) is 14.7 Å². The Kier molecular flexibility index (Phi) is 5.00. The van der Waals surface area contributed by atoms with Crippen LogP contribution in [0.4, 0.5) is 0 Å². The van der Waals surface area contributed by atoms with Gasteiger partial charge in [-0.2, -0.15) is 0 Å². The van der Waals surface area contributed by atoms with Crippen LogP contribution in [0.1, 0.15) is 34.5 Å². The second-order valence-electron chi connectivity index (χ2n) is 5.60. The van der Waals surface area contributed by atoms with E-state index in [1.807, 2.05) is 18.4 Å². The number of carbonyl (C=O) groups excluding carboxylic acids is 1. The number of amides is 1. The van der Waals surface area contributed by atoms with Crippen LogP contribution >= 0.6 is 11.3 Å². The third-order valence-electron chi connectivity index (χ3n) is 4.08. The van der Waals surface area contributed by atoms with E-state index >= 15 is 0 Å². The average molecular weight is 311 g/mol. The van der Waals surface area contributed by atoms with Gasteiger partial charge in [0.15, 0.2) is 0 Å². The Hall–Kier alpha value is -1.40. The largest absolute Gasteiger partial charge is 0.481 e. The molecule has 116 valence electrons. The monoisotopic (exact) mass is 311 g/mol. The van der Waals surface area contributed by atoms with Crippen LogP contribution in [0.2, 0.25) is 0 Å². The Morgan fingerprint density at radius 2 is 2.29 bits per heavy atom. The van der Waals surface area contributed by atoms with Crippen molar-refractivity contribution in [3.63, 3.8) is 0 Å². The van der Waals surface area contributed by atoms with E-state index < -0.39 is 11.4 Å². The van der Waals surface area contributed by atoms with E-state index in [2.05, 4.69) is 0 Å². The number of carboxylic acids is 1. The number of carbonyl (C=O) groups is 2. The van der Waals surface area contributed by atoms with Gasteiger partial charge in [-0.3, -0.25) is 9.59 Å². The highest BCUT2D eigenvalue weighted by molar-refractivity contribution is 7.10. The van der Waals surface area contributed by atoms with Crippen LogP contribution in [-0.2, 0) is 9.53 Å². The van der Waals surface area contributed by atoms with Crippen molar-refractivity contribution in [3.05, 3.63) is 21.9 Å². The summed E-state index contributed by atoms with van der Waals surface area (Å²) in [6, 6.07) is 1.86. The number of piperidine rings is 1. The molecule has 2 rings (SSSR count). The number of aliphatic carboxylic acids is 1. The van der Waals surface area contributed by atoms with E-state index in [4.69, 9.17) is 4.74 Å². The molecule has 6 heteroatoms. The van der Waals surface area contributed by atoms with Gasteiger partial charge in [-0.1, -0.05) is 0 Å². The molecular formula is C15H21NO4S. The number of carboxylic acid groups (broad SMARTS) is 1. The lowest BCUT2D eigenvalue weighted by molar-refractivity contribution is -0.153. The Balaban J connectivity index is 2.14. The van der Waals surface area contributed by atoms with Gasteiger partial charge in [0.25, 0.3) is 5.91 Å².